The molecule has 1 heterocycles. The molecule has 1 N–H and O–H groups in total. The van der Waals surface area contributed by atoms with Crippen LogP contribution in [0.25, 0.3) is 10.9 Å². The summed E-state index contributed by atoms with van der Waals surface area (Å²) in [5.41, 5.74) is 2.46. The van der Waals surface area contributed by atoms with Crippen LogP contribution in [0.2, 0.25) is 5.02 Å². The third-order valence-corrected chi connectivity index (χ3v) is 4.50. The fraction of sp³-hybridized carbons (Fsp3) is 0.167. The fourth-order valence-electron chi connectivity index (χ4n) is 2.61. The van der Waals surface area contributed by atoms with Gasteiger partial charge in [0.05, 0.1) is 5.02 Å². The fourth-order valence-corrected chi connectivity index (χ4v) is 3.33. The number of Topliss-reactive ketones (excluding diaryl/α,β-unsaturated/α-hetero) is 1. The van der Waals surface area contributed by atoms with Crippen molar-refractivity contribution in [2.75, 3.05) is 0 Å². The molecule has 0 saturated carbocycles. The van der Waals surface area contributed by atoms with Gasteiger partial charge in [-0.1, -0.05) is 45.7 Å². The number of benzene rings is 2. The number of aryl methyl sites for hydroxylation is 1. The molecule has 0 bridgehead atoms. The number of carbonyl (C=O) groups excluding carboxylic acids is 1. The Balaban J connectivity index is 1.91. The summed E-state index contributed by atoms with van der Waals surface area (Å²) in [6, 6.07) is 13.1. The van der Waals surface area contributed by atoms with Crippen LogP contribution in [0.15, 0.2) is 46.9 Å². The van der Waals surface area contributed by atoms with Gasteiger partial charge >= 0.3 is 0 Å². The van der Waals surface area contributed by atoms with Crippen molar-refractivity contribution in [3.8, 4) is 5.75 Å². The van der Waals surface area contributed by atoms with Gasteiger partial charge in [-0.05, 0) is 38.1 Å². The number of nitrogens with one attached hydrogen (secondary N) is 1. The van der Waals surface area contributed by atoms with Gasteiger partial charge in [-0.25, -0.2) is 0 Å². The Labute approximate surface area is 147 Å². The van der Waals surface area contributed by atoms with Crippen LogP contribution >= 0.6 is 27.5 Å². The second-order valence-corrected chi connectivity index (χ2v) is 6.69. The van der Waals surface area contributed by atoms with Crippen LogP contribution in [0.4, 0.5) is 0 Å². The number of carbonyl (C=O) groups is 1. The molecule has 0 radical (unpaired) electrons. The van der Waals surface area contributed by atoms with Crippen LogP contribution < -0.4 is 4.74 Å². The number of aromatic amines is 1. The van der Waals surface area contributed by atoms with Gasteiger partial charge in [0.1, 0.15) is 5.75 Å². The molecule has 0 unspecified atom stereocenters. The van der Waals surface area contributed by atoms with Gasteiger partial charge in [0.15, 0.2) is 6.10 Å². The maximum atomic E-state index is 12.8. The molecule has 0 saturated heterocycles. The molecular weight excluding hydrogens is 378 g/mol. The maximum Gasteiger partial charge on any atom is 0.205 e. The smallest absolute Gasteiger partial charge is 0.205 e. The predicted octanol–water partition coefficient (Wildman–Crippen LogP) is 5.54. The summed E-state index contributed by atoms with van der Waals surface area (Å²) in [7, 11) is 0. The van der Waals surface area contributed by atoms with Crippen LogP contribution in [-0.2, 0) is 0 Å². The van der Waals surface area contributed by atoms with Crippen molar-refractivity contribution in [1.29, 1.82) is 0 Å². The van der Waals surface area contributed by atoms with Crippen LogP contribution in [0.1, 0.15) is 23.0 Å². The van der Waals surface area contributed by atoms with Gasteiger partial charge < -0.3 is 9.72 Å². The lowest BCUT2D eigenvalue weighted by atomic mass is 10.0. The minimum absolute atomic E-state index is 0.0704. The predicted molar refractivity (Wildman–Crippen MR) is 96.6 cm³/mol. The molecular formula is C18H15BrClNO2. The molecule has 5 heteroatoms. The van der Waals surface area contributed by atoms with E-state index in [9.17, 15) is 4.79 Å². The highest BCUT2D eigenvalue weighted by molar-refractivity contribution is 9.10. The zero-order chi connectivity index (χ0) is 16.6. The number of para-hydroxylation sites is 1. The van der Waals surface area contributed by atoms with E-state index in [0.717, 1.165) is 21.1 Å². The normalized spacial score (nSPS) is 12.3. The molecule has 0 amide bonds. The Bertz CT molecular complexity index is 888. The van der Waals surface area contributed by atoms with E-state index >= 15 is 0 Å². The van der Waals surface area contributed by atoms with Gasteiger partial charge in [0, 0.05) is 26.6 Å². The monoisotopic (exact) mass is 391 g/mol. The van der Waals surface area contributed by atoms with Crippen LogP contribution in [0.3, 0.4) is 0 Å². The molecule has 1 aromatic heterocycles. The minimum Gasteiger partial charge on any atom is -0.481 e. The molecule has 118 valence electrons. The summed E-state index contributed by atoms with van der Waals surface area (Å²) in [6.45, 7) is 3.63. The van der Waals surface area contributed by atoms with E-state index in [1.165, 1.54) is 0 Å². The van der Waals surface area contributed by atoms with Crippen LogP contribution in [0.5, 0.6) is 5.75 Å². The summed E-state index contributed by atoms with van der Waals surface area (Å²) < 4.78 is 6.64. The number of hydrogen-bond donors (Lipinski definition) is 1. The van der Waals surface area contributed by atoms with Crippen molar-refractivity contribution >= 4 is 44.2 Å². The first-order valence-corrected chi connectivity index (χ1v) is 8.37. The molecule has 23 heavy (non-hydrogen) atoms. The summed E-state index contributed by atoms with van der Waals surface area (Å²) >= 11 is 9.51. The second kappa shape index (κ2) is 6.38. The first kappa shape index (κ1) is 16.1. The number of fused-ring (bicyclic) bond motifs is 1. The Hall–Kier alpha value is -1.78. The molecule has 0 fully saturated rings. The zero-order valence-corrected chi connectivity index (χ0v) is 15.0. The van der Waals surface area contributed by atoms with E-state index in [-0.39, 0.29) is 5.78 Å². The van der Waals surface area contributed by atoms with Crippen molar-refractivity contribution in [3.63, 3.8) is 0 Å². The Morgan fingerprint density at radius 3 is 2.74 bits per heavy atom. The third kappa shape index (κ3) is 3.14. The lowest BCUT2D eigenvalue weighted by molar-refractivity contribution is 0.0819. The highest BCUT2D eigenvalue weighted by atomic mass is 79.9. The number of ether oxygens (including phenoxy) is 1. The molecule has 0 aliphatic heterocycles. The van der Waals surface area contributed by atoms with Crippen molar-refractivity contribution in [1.82, 2.24) is 4.98 Å². The van der Waals surface area contributed by atoms with E-state index in [1.54, 1.807) is 19.1 Å². The number of ketones is 1. The average molecular weight is 393 g/mol. The van der Waals surface area contributed by atoms with Gasteiger partial charge in [-0.2, -0.15) is 0 Å². The van der Waals surface area contributed by atoms with E-state index < -0.39 is 6.10 Å². The number of H-pyrrole nitrogens is 1. The summed E-state index contributed by atoms with van der Waals surface area (Å²) in [5, 5.41) is 1.38. The molecule has 0 aliphatic rings. The van der Waals surface area contributed by atoms with Gasteiger partial charge in [-0.15, -0.1) is 0 Å². The van der Waals surface area contributed by atoms with E-state index in [4.69, 9.17) is 16.3 Å². The number of hydrogen-bond acceptors (Lipinski definition) is 2. The summed E-state index contributed by atoms with van der Waals surface area (Å²) in [6.07, 6.45) is -0.633. The first-order valence-electron chi connectivity index (χ1n) is 7.20. The summed E-state index contributed by atoms with van der Waals surface area (Å²) in [4.78, 5) is 16.1. The number of rotatable bonds is 4. The van der Waals surface area contributed by atoms with Gasteiger partial charge in [-0.3, -0.25) is 4.79 Å². The minimum atomic E-state index is -0.633. The standard InChI is InChI=1S/C18H15BrClNO2/c1-10-17(13-5-3-4-6-15(13)21-10)18(22)11(2)23-16-8-7-12(19)9-14(16)20/h3-9,11,21H,1-2H3/t11-/m1/s1. The highest BCUT2D eigenvalue weighted by Crippen LogP contribution is 2.30. The van der Waals surface area contributed by atoms with E-state index in [1.807, 2.05) is 37.3 Å². The van der Waals surface area contributed by atoms with Crippen molar-refractivity contribution in [3.05, 3.63) is 63.2 Å². The summed E-state index contributed by atoms with van der Waals surface area (Å²) in [5.74, 6) is 0.423. The Morgan fingerprint density at radius 1 is 1.26 bits per heavy atom. The highest BCUT2D eigenvalue weighted by Gasteiger charge is 2.23. The molecule has 1 atom stereocenters. The average Bonchev–Trinajstić information content (AvgIpc) is 2.85. The number of aromatic nitrogens is 1. The molecule has 3 nitrogen and oxygen atoms in total. The maximum absolute atomic E-state index is 12.8. The van der Waals surface area contributed by atoms with Gasteiger partial charge in [0.25, 0.3) is 0 Å². The first-order chi connectivity index (χ1) is 11.0. The number of halogens is 2. The van der Waals surface area contributed by atoms with Crippen LogP contribution in [-0.4, -0.2) is 16.9 Å². The topological polar surface area (TPSA) is 42.1 Å². The van der Waals surface area contributed by atoms with Gasteiger partial charge in [0.2, 0.25) is 5.78 Å². The lowest BCUT2D eigenvalue weighted by Crippen LogP contribution is -2.24. The third-order valence-electron chi connectivity index (χ3n) is 3.71. The van der Waals surface area contributed by atoms with E-state index in [2.05, 4.69) is 20.9 Å². The van der Waals surface area contributed by atoms with Crippen LogP contribution in [0, 0.1) is 6.92 Å². The van der Waals surface area contributed by atoms with Crippen molar-refractivity contribution in [2.45, 2.75) is 20.0 Å². The molecule has 0 spiro atoms. The Morgan fingerprint density at radius 2 is 2.00 bits per heavy atom. The Kier molecular flexibility index (Phi) is 4.46. The molecule has 3 rings (SSSR count). The lowest BCUT2D eigenvalue weighted by Gasteiger charge is -2.15. The SMILES string of the molecule is Cc1[nH]c2ccccc2c1C(=O)[C@@H](C)Oc1ccc(Br)cc1Cl. The molecule has 0 aliphatic carbocycles. The zero-order valence-electron chi connectivity index (χ0n) is 12.7. The van der Waals surface area contributed by atoms with Crippen molar-refractivity contribution < 1.29 is 9.53 Å². The van der Waals surface area contributed by atoms with E-state index in [0.29, 0.717) is 16.3 Å². The quantitative estimate of drug-likeness (QED) is 0.592. The van der Waals surface area contributed by atoms with Crippen molar-refractivity contribution in [2.24, 2.45) is 0 Å². The largest absolute Gasteiger partial charge is 0.481 e. The molecule has 3 aromatic rings. The second-order valence-electron chi connectivity index (χ2n) is 5.37. The molecule has 2 aromatic carbocycles.